The van der Waals surface area contributed by atoms with E-state index in [0.717, 1.165) is 36.0 Å². The van der Waals surface area contributed by atoms with E-state index in [1.54, 1.807) is 11.1 Å². The van der Waals surface area contributed by atoms with Gasteiger partial charge in [0.25, 0.3) is 0 Å². The molecule has 0 saturated heterocycles. The number of benzene rings is 1. The number of unbranched alkanes of at least 4 members (excludes halogenated alkanes) is 2. The van der Waals surface area contributed by atoms with Gasteiger partial charge < -0.3 is 0 Å². The van der Waals surface area contributed by atoms with Crippen LogP contribution in [0.2, 0.25) is 0 Å². The van der Waals surface area contributed by atoms with Crippen molar-refractivity contribution in [1.82, 2.24) is 0 Å². The van der Waals surface area contributed by atoms with E-state index in [4.69, 9.17) is 0 Å². The summed E-state index contributed by atoms with van der Waals surface area (Å²) in [4.78, 5) is 0. The first kappa shape index (κ1) is 23.9. The van der Waals surface area contributed by atoms with Crippen LogP contribution in [-0.2, 0) is 0 Å². The topological polar surface area (TPSA) is 0 Å². The highest BCUT2D eigenvalue weighted by molar-refractivity contribution is 5.28. The molecule has 2 aliphatic carbocycles. The van der Waals surface area contributed by atoms with Crippen molar-refractivity contribution in [3.8, 4) is 0 Å². The van der Waals surface area contributed by atoms with Crippen molar-refractivity contribution < 1.29 is 0 Å². The van der Waals surface area contributed by atoms with E-state index in [-0.39, 0.29) is 0 Å². The van der Waals surface area contributed by atoms with Gasteiger partial charge in [-0.25, -0.2) is 0 Å². The average molecular weight is 410 g/mol. The minimum absolute atomic E-state index is 0.815. The van der Waals surface area contributed by atoms with E-state index in [1.165, 1.54) is 96.3 Å². The summed E-state index contributed by atoms with van der Waals surface area (Å²) in [5, 5.41) is 0. The van der Waals surface area contributed by atoms with E-state index in [9.17, 15) is 0 Å². The predicted octanol–water partition coefficient (Wildman–Crippen LogP) is 9.85. The Bertz CT molecular complexity index is 546. The monoisotopic (exact) mass is 409 g/mol. The van der Waals surface area contributed by atoms with E-state index in [2.05, 4.69) is 45.0 Å². The van der Waals surface area contributed by atoms with Gasteiger partial charge in [-0.1, -0.05) is 96.4 Å². The first-order chi connectivity index (χ1) is 14.7. The van der Waals surface area contributed by atoms with Crippen LogP contribution in [0.15, 0.2) is 24.3 Å². The van der Waals surface area contributed by atoms with Crippen molar-refractivity contribution in [2.75, 3.05) is 0 Å². The molecule has 0 heterocycles. The van der Waals surface area contributed by atoms with Gasteiger partial charge in [-0.05, 0) is 92.1 Å². The fourth-order valence-electron chi connectivity index (χ4n) is 6.65. The summed E-state index contributed by atoms with van der Waals surface area (Å²) in [6.07, 6.45) is 22.4. The number of hydrogen-bond donors (Lipinski definition) is 0. The van der Waals surface area contributed by atoms with Crippen LogP contribution in [0.3, 0.4) is 0 Å². The second kappa shape index (κ2) is 12.9. The molecule has 0 aliphatic heterocycles. The molecular weight excluding hydrogens is 360 g/mol. The normalized spacial score (nSPS) is 27.5. The Kier molecular flexibility index (Phi) is 10.3. The van der Waals surface area contributed by atoms with Crippen LogP contribution in [0, 0.1) is 24.7 Å². The highest BCUT2D eigenvalue weighted by Crippen LogP contribution is 2.42. The SMILES string of the molecule is [CH2]CCCC(CCCC)C1CCC(c2ccc(C3CCC(CCC)CC3)cc2)CC1. The third-order valence-electron chi connectivity index (χ3n) is 8.61. The zero-order valence-corrected chi connectivity index (χ0v) is 20.2. The minimum atomic E-state index is 0.815. The van der Waals surface area contributed by atoms with Crippen LogP contribution in [0.4, 0.5) is 0 Å². The van der Waals surface area contributed by atoms with Gasteiger partial charge in [-0.2, -0.15) is 0 Å². The van der Waals surface area contributed by atoms with Crippen molar-refractivity contribution >= 4 is 0 Å². The summed E-state index contributed by atoms with van der Waals surface area (Å²) in [7, 11) is 0. The molecule has 3 rings (SSSR count). The van der Waals surface area contributed by atoms with E-state index < -0.39 is 0 Å². The number of hydrogen-bond acceptors (Lipinski definition) is 0. The maximum Gasteiger partial charge on any atom is -0.0162 e. The van der Waals surface area contributed by atoms with Gasteiger partial charge in [0.1, 0.15) is 0 Å². The molecule has 0 heteroatoms. The summed E-state index contributed by atoms with van der Waals surface area (Å²) < 4.78 is 0. The molecule has 30 heavy (non-hydrogen) atoms. The van der Waals surface area contributed by atoms with E-state index in [0.29, 0.717) is 0 Å². The van der Waals surface area contributed by atoms with Crippen LogP contribution in [0.25, 0.3) is 0 Å². The smallest absolute Gasteiger partial charge is 0.0162 e. The zero-order valence-electron chi connectivity index (χ0n) is 20.2. The minimum Gasteiger partial charge on any atom is -0.0654 e. The van der Waals surface area contributed by atoms with Gasteiger partial charge in [-0.3, -0.25) is 0 Å². The fourth-order valence-corrected chi connectivity index (χ4v) is 6.65. The molecule has 1 radical (unpaired) electrons. The molecule has 1 aromatic rings. The summed E-state index contributed by atoms with van der Waals surface area (Å²) in [5.41, 5.74) is 3.25. The second-order valence-corrected chi connectivity index (χ2v) is 10.7. The van der Waals surface area contributed by atoms with Crippen molar-refractivity contribution in [2.24, 2.45) is 17.8 Å². The Morgan fingerprint density at radius 2 is 1.27 bits per heavy atom. The van der Waals surface area contributed by atoms with Crippen LogP contribution in [-0.4, -0.2) is 0 Å². The lowest BCUT2D eigenvalue weighted by molar-refractivity contribution is 0.205. The molecule has 1 aromatic carbocycles. The third kappa shape index (κ3) is 6.86. The summed E-state index contributed by atoms with van der Waals surface area (Å²) >= 11 is 0. The van der Waals surface area contributed by atoms with Gasteiger partial charge >= 0.3 is 0 Å². The molecule has 0 aromatic heterocycles. The van der Waals surface area contributed by atoms with Crippen molar-refractivity contribution in [3.05, 3.63) is 42.3 Å². The van der Waals surface area contributed by atoms with E-state index >= 15 is 0 Å². The maximum atomic E-state index is 4.09. The number of rotatable bonds is 11. The van der Waals surface area contributed by atoms with Gasteiger partial charge in [0.15, 0.2) is 0 Å². The standard InChI is InChI=1S/C30H49/c1-4-7-10-25(11-8-5-2)27-16-18-29(19-17-27)30-22-20-28(21-23-30)26-14-12-24(9-6-3)13-15-26/h20-27,29H,1,4-19H2,2-3H3. The molecule has 2 fully saturated rings. The lowest BCUT2D eigenvalue weighted by atomic mass is 9.71. The molecule has 0 amide bonds. The quantitative estimate of drug-likeness (QED) is 0.341. The molecule has 169 valence electrons. The first-order valence-electron chi connectivity index (χ1n) is 13.6. The lowest BCUT2D eigenvalue weighted by Crippen LogP contribution is -2.21. The Morgan fingerprint density at radius 3 is 1.77 bits per heavy atom. The molecule has 0 N–H and O–H groups in total. The molecule has 0 nitrogen and oxygen atoms in total. The van der Waals surface area contributed by atoms with Gasteiger partial charge in [0.2, 0.25) is 0 Å². The van der Waals surface area contributed by atoms with Crippen molar-refractivity contribution in [1.29, 1.82) is 0 Å². The Balaban J connectivity index is 1.48. The Morgan fingerprint density at radius 1 is 0.733 bits per heavy atom. The molecule has 2 aliphatic rings. The molecule has 0 spiro atoms. The molecule has 1 unspecified atom stereocenters. The third-order valence-corrected chi connectivity index (χ3v) is 8.61. The van der Waals surface area contributed by atoms with Crippen molar-refractivity contribution in [3.63, 3.8) is 0 Å². The Labute approximate surface area is 188 Å². The molecule has 1 atom stereocenters. The van der Waals surface area contributed by atoms with Crippen LogP contribution >= 0.6 is 0 Å². The highest BCUT2D eigenvalue weighted by Gasteiger charge is 2.28. The lowest BCUT2D eigenvalue weighted by Gasteiger charge is -2.34. The van der Waals surface area contributed by atoms with Gasteiger partial charge in [-0.15, -0.1) is 0 Å². The second-order valence-electron chi connectivity index (χ2n) is 10.7. The Hall–Kier alpha value is -0.780. The largest absolute Gasteiger partial charge is 0.0654 e. The van der Waals surface area contributed by atoms with E-state index in [1.807, 2.05) is 0 Å². The van der Waals surface area contributed by atoms with Crippen LogP contribution in [0.1, 0.15) is 140 Å². The van der Waals surface area contributed by atoms with Crippen LogP contribution in [0.5, 0.6) is 0 Å². The maximum absolute atomic E-state index is 4.09. The summed E-state index contributed by atoms with van der Waals surface area (Å²) in [5.74, 6) is 4.61. The fraction of sp³-hybridized carbons (Fsp3) is 0.767. The average Bonchev–Trinajstić information content (AvgIpc) is 2.80. The molecule has 2 saturated carbocycles. The highest BCUT2D eigenvalue weighted by atomic mass is 14.3. The summed E-state index contributed by atoms with van der Waals surface area (Å²) in [6.45, 7) is 8.77. The molecule has 0 bridgehead atoms. The van der Waals surface area contributed by atoms with Crippen molar-refractivity contribution in [2.45, 2.75) is 128 Å². The van der Waals surface area contributed by atoms with Gasteiger partial charge in [0, 0.05) is 0 Å². The summed E-state index contributed by atoms with van der Waals surface area (Å²) in [6, 6.07) is 9.97. The van der Waals surface area contributed by atoms with Gasteiger partial charge in [0.05, 0.1) is 0 Å². The molecular formula is C30H49. The first-order valence-corrected chi connectivity index (χ1v) is 13.6. The zero-order chi connectivity index (χ0) is 21.2. The predicted molar refractivity (Wildman–Crippen MR) is 133 cm³/mol. The van der Waals surface area contributed by atoms with Crippen LogP contribution < -0.4 is 0 Å².